The van der Waals surface area contributed by atoms with Gasteiger partial charge in [-0.15, -0.1) is 10.2 Å². The maximum atomic E-state index is 12.5. The highest BCUT2D eigenvalue weighted by molar-refractivity contribution is 8.00. The van der Waals surface area contributed by atoms with Crippen molar-refractivity contribution in [1.29, 1.82) is 0 Å². The zero-order chi connectivity index (χ0) is 18.8. The van der Waals surface area contributed by atoms with Crippen LogP contribution in [0.25, 0.3) is 5.65 Å². The summed E-state index contributed by atoms with van der Waals surface area (Å²) >= 11 is 13.3. The topological polar surface area (TPSA) is 76.4 Å². The molecule has 1 atom stereocenters. The number of fused-ring (bicyclic) bond motifs is 1. The Labute approximate surface area is 163 Å². The number of anilines is 1. The lowest BCUT2D eigenvalue weighted by Crippen LogP contribution is -2.23. The van der Waals surface area contributed by atoms with Gasteiger partial charge in [-0.3, -0.25) is 14.0 Å². The number of aromatic nitrogens is 3. The standard InChI is InChI=1S/C17H14Cl2N4O2S/c1-9(24)12-5-3-4-6-14(12)20-16(25)10(2)26-17-22-21-15-13(19)7-11(18)8-23(15)17/h3-8,10H,1-2H3,(H,20,25)/t10-/m1/s1. The number of hydrogen-bond donors (Lipinski definition) is 1. The van der Waals surface area contributed by atoms with Crippen molar-refractivity contribution in [1.82, 2.24) is 14.6 Å². The summed E-state index contributed by atoms with van der Waals surface area (Å²) in [5.41, 5.74) is 1.41. The van der Waals surface area contributed by atoms with Crippen LogP contribution in [0.15, 0.2) is 41.7 Å². The Kier molecular flexibility index (Phi) is 5.50. The van der Waals surface area contributed by atoms with Crippen molar-refractivity contribution >= 4 is 58.0 Å². The number of pyridine rings is 1. The Balaban J connectivity index is 1.80. The third-order valence-corrected chi connectivity index (χ3v) is 5.15. The van der Waals surface area contributed by atoms with Gasteiger partial charge in [0.25, 0.3) is 0 Å². The minimum absolute atomic E-state index is 0.117. The molecule has 0 fully saturated rings. The van der Waals surface area contributed by atoms with Gasteiger partial charge in [0.1, 0.15) is 0 Å². The van der Waals surface area contributed by atoms with E-state index in [0.717, 1.165) is 0 Å². The van der Waals surface area contributed by atoms with Crippen LogP contribution in [0.5, 0.6) is 0 Å². The predicted octanol–water partition coefficient (Wildman–Crippen LogP) is 4.36. The van der Waals surface area contributed by atoms with Crippen LogP contribution in [-0.4, -0.2) is 31.5 Å². The Bertz CT molecular complexity index is 1010. The van der Waals surface area contributed by atoms with Gasteiger partial charge in [-0.1, -0.05) is 47.1 Å². The molecule has 0 unspecified atom stereocenters. The number of benzene rings is 1. The molecule has 1 amide bonds. The number of Topliss-reactive ketones (excluding diaryl/α,β-unsaturated/α-hetero) is 1. The summed E-state index contributed by atoms with van der Waals surface area (Å²) in [4.78, 5) is 24.2. The van der Waals surface area contributed by atoms with E-state index in [-0.39, 0.29) is 11.7 Å². The van der Waals surface area contributed by atoms with Crippen LogP contribution in [0, 0.1) is 0 Å². The number of nitrogens with zero attached hydrogens (tertiary/aromatic N) is 3. The first-order valence-electron chi connectivity index (χ1n) is 7.64. The number of carbonyl (C=O) groups is 2. The minimum atomic E-state index is -0.486. The first kappa shape index (κ1) is 18.7. The fourth-order valence-electron chi connectivity index (χ4n) is 2.33. The largest absolute Gasteiger partial charge is 0.324 e. The molecule has 0 radical (unpaired) electrons. The third-order valence-electron chi connectivity index (χ3n) is 3.61. The van der Waals surface area contributed by atoms with Crippen molar-refractivity contribution in [2.75, 3.05) is 5.32 Å². The minimum Gasteiger partial charge on any atom is -0.324 e. The lowest BCUT2D eigenvalue weighted by atomic mass is 10.1. The SMILES string of the molecule is CC(=O)c1ccccc1NC(=O)[C@@H](C)Sc1nnc2c(Cl)cc(Cl)cn12. The van der Waals surface area contributed by atoms with Gasteiger partial charge >= 0.3 is 0 Å². The zero-order valence-electron chi connectivity index (χ0n) is 13.9. The molecule has 2 aromatic heterocycles. The van der Waals surface area contributed by atoms with E-state index in [1.54, 1.807) is 47.9 Å². The summed E-state index contributed by atoms with van der Waals surface area (Å²) in [5.74, 6) is -0.373. The zero-order valence-corrected chi connectivity index (χ0v) is 16.2. The predicted molar refractivity (Wildman–Crippen MR) is 103 cm³/mol. The van der Waals surface area contributed by atoms with Gasteiger partial charge in [0.15, 0.2) is 16.6 Å². The Morgan fingerprint density at radius 1 is 1.23 bits per heavy atom. The number of ketones is 1. The second kappa shape index (κ2) is 7.65. The lowest BCUT2D eigenvalue weighted by molar-refractivity contribution is -0.115. The highest BCUT2D eigenvalue weighted by atomic mass is 35.5. The number of amides is 1. The molecular weight excluding hydrogens is 395 g/mol. The van der Waals surface area contributed by atoms with Crippen LogP contribution in [0.4, 0.5) is 5.69 Å². The molecule has 6 nitrogen and oxygen atoms in total. The lowest BCUT2D eigenvalue weighted by Gasteiger charge is -2.13. The summed E-state index contributed by atoms with van der Waals surface area (Å²) in [6.45, 7) is 3.20. The van der Waals surface area contributed by atoms with Crippen LogP contribution in [0.1, 0.15) is 24.2 Å². The molecule has 1 N–H and O–H groups in total. The van der Waals surface area contributed by atoms with Gasteiger partial charge in [-0.25, -0.2) is 0 Å². The van der Waals surface area contributed by atoms with E-state index in [4.69, 9.17) is 23.2 Å². The summed E-state index contributed by atoms with van der Waals surface area (Å²) in [6.07, 6.45) is 1.64. The molecule has 1 aromatic carbocycles. The Morgan fingerprint density at radius 2 is 1.96 bits per heavy atom. The quantitative estimate of drug-likeness (QED) is 0.501. The van der Waals surface area contributed by atoms with Crippen molar-refractivity contribution < 1.29 is 9.59 Å². The first-order chi connectivity index (χ1) is 12.4. The molecule has 26 heavy (non-hydrogen) atoms. The molecule has 0 aliphatic rings. The second-order valence-electron chi connectivity index (χ2n) is 5.53. The second-order valence-corrected chi connectivity index (χ2v) is 7.69. The number of halogens is 2. The molecule has 3 aromatic rings. The first-order valence-corrected chi connectivity index (χ1v) is 9.27. The highest BCUT2D eigenvalue weighted by Crippen LogP contribution is 2.28. The fraction of sp³-hybridized carbons (Fsp3) is 0.176. The monoisotopic (exact) mass is 408 g/mol. The van der Waals surface area contributed by atoms with E-state index in [1.807, 2.05) is 0 Å². The molecule has 9 heteroatoms. The van der Waals surface area contributed by atoms with E-state index >= 15 is 0 Å². The fourth-order valence-corrected chi connectivity index (χ4v) is 3.66. The molecule has 0 spiro atoms. The van der Waals surface area contributed by atoms with Gasteiger partial charge in [-0.05, 0) is 32.0 Å². The molecule has 0 aliphatic heterocycles. The van der Waals surface area contributed by atoms with Crippen molar-refractivity contribution in [3.63, 3.8) is 0 Å². The van der Waals surface area contributed by atoms with E-state index in [0.29, 0.717) is 32.1 Å². The van der Waals surface area contributed by atoms with Gasteiger partial charge in [0.2, 0.25) is 5.91 Å². The number of hydrogen-bond acceptors (Lipinski definition) is 5. The number of para-hydroxylation sites is 1. The van der Waals surface area contributed by atoms with Gasteiger partial charge in [-0.2, -0.15) is 0 Å². The molecule has 0 saturated heterocycles. The maximum absolute atomic E-state index is 12.5. The maximum Gasteiger partial charge on any atom is 0.237 e. The Morgan fingerprint density at radius 3 is 2.69 bits per heavy atom. The van der Waals surface area contributed by atoms with E-state index in [9.17, 15) is 9.59 Å². The normalized spacial score (nSPS) is 12.2. The van der Waals surface area contributed by atoms with Crippen LogP contribution in [0.2, 0.25) is 10.0 Å². The molecule has 0 aliphatic carbocycles. The number of rotatable bonds is 5. The average Bonchev–Trinajstić information content (AvgIpc) is 2.98. The van der Waals surface area contributed by atoms with Gasteiger partial charge < -0.3 is 5.32 Å². The summed E-state index contributed by atoms with van der Waals surface area (Å²) in [5, 5.41) is 11.7. The third kappa shape index (κ3) is 3.85. The van der Waals surface area contributed by atoms with Crippen molar-refractivity contribution in [3.05, 3.63) is 52.1 Å². The number of nitrogens with one attached hydrogen (secondary N) is 1. The highest BCUT2D eigenvalue weighted by Gasteiger charge is 2.20. The van der Waals surface area contributed by atoms with Gasteiger partial charge in [0.05, 0.1) is 21.0 Å². The summed E-state index contributed by atoms with van der Waals surface area (Å²) in [6, 6.07) is 8.45. The smallest absolute Gasteiger partial charge is 0.237 e. The van der Waals surface area contributed by atoms with Crippen LogP contribution in [-0.2, 0) is 4.79 Å². The molecule has 2 heterocycles. The molecular formula is C17H14Cl2N4O2S. The summed E-state index contributed by atoms with van der Waals surface area (Å²) in [7, 11) is 0. The van der Waals surface area contributed by atoms with Crippen molar-refractivity contribution in [3.8, 4) is 0 Å². The van der Waals surface area contributed by atoms with Crippen molar-refractivity contribution in [2.45, 2.75) is 24.3 Å². The van der Waals surface area contributed by atoms with E-state index in [1.165, 1.54) is 18.7 Å². The van der Waals surface area contributed by atoms with Crippen LogP contribution < -0.4 is 5.32 Å². The van der Waals surface area contributed by atoms with Gasteiger partial charge in [0, 0.05) is 11.8 Å². The summed E-state index contributed by atoms with van der Waals surface area (Å²) < 4.78 is 1.64. The average molecular weight is 409 g/mol. The molecule has 3 rings (SSSR count). The molecule has 134 valence electrons. The van der Waals surface area contributed by atoms with E-state index < -0.39 is 5.25 Å². The molecule has 0 bridgehead atoms. The van der Waals surface area contributed by atoms with Crippen LogP contribution >= 0.6 is 35.0 Å². The number of thioether (sulfide) groups is 1. The van der Waals surface area contributed by atoms with Crippen LogP contribution in [0.3, 0.4) is 0 Å². The Hall–Kier alpha value is -2.09. The van der Waals surface area contributed by atoms with E-state index in [2.05, 4.69) is 15.5 Å². The van der Waals surface area contributed by atoms with Crippen molar-refractivity contribution in [2.24, 2.45) is 0 Å². The molecule has 0 saturated carbocycles. The number of carbonyl (C=O) groups excluding carboxylic acids is 2.